The van der Waals surface area contributed by atoms with E-state index in [9.17, 15) is 4.79 Å². The molecule has 0 spiro atoms. The Morgan fingerprint density at radius 1 is 1.50 bits per heavy atom. The Labute approximate surface area is 124 Å². The number of aromatic nitrogens is 1. The number of esters is 1. The minimum Gasteiger partial charge on any atom is -0.468 e. The zero-order valence-electron chi connectivity index (χ0n) is 12.5. The zero-order valence-corrected chi connectivity index (χ0v) is 13.3. The van der Waals surface area contributed by atoms with E-state index >= 15 is 0 Å². The molecule has 1 heterocycles. The summed E-state index contributed by atoms with van der Waals surface area (Å²) >= 11 is 1.62. The van der Waals surface area contributed by atoms with Crippen LogP contribution in [0.25, 0.3) is 0 Å². The number of methoxy groups -OCH3 is 1. The van der Waals surface area contributed by atoms with Crippen molar-refractivity contribution in [1.82, 2.24) is 10.3 Å². The highest BCUT2D eigenvalue weighted by Gasteiger charge is 2.50. The molecule has 0 aromatic carbocycles. The van der Waals surface area contributed by atoms with Gasteiger partial charge in [0.1, 0.15) is 5.54 Å². The Balaban J connectivity index is 2.14. The monoisotopic (exact) mass is 294 g/mol. The van der Waals surface area contributed by atoms with Crippen molar-refractivity contribution in [3.63, 3.8) is 0 Å². The van der Waals surface area contributed by atoms with E-state index in [2.05, 4.69) is 29.4 Å². The molecule has 1 N–H and O–H groups in total. The summed E-state index contributed by atoms with van der Waals surface area (Å²) in [5.74, 6) is 0.856. The summed E-state index contributed by atoms with van der Waals surface area (Å²) in [7, 11) is 3.29. The van der Waals surface area contributed by atoms with E-state index in [1.54, 1.807) is 11.8 Å². The van der Waals surface area contributed by atoms with Gasteiger partial charge in [0.2, 0.25) is 0 Å². The molecule has 20 heavy (non-hydrogen) atoms. The second-order valence-electron chi connectivity index (χ2n) is 5.40. The maximum absolute atomic E-state index is 12.2. The van der Waals surface area contributed by atoms with Crippen LogP contribution in [0.5, 0.6) is 0 Å². The summed E-state index contributed by atoms with van der Waals surface area (Å²) in [6, 6.07) is 4.11. The van der Waals surface area contributed by atoms with Crippen molar-refractivity contribution in [2.45, 2.75) is 37.3 Å². The highest BCUT2D eigenvalue weighted by atomic mass is 32.2. The van der Waals surface area contributed by atoms with E-state index < -0.39 is 5.54 Å². The fraction of sp³-hybridized carbons (Fsp3) is 0.600. The van der Waals surface area contributed by atoms with Crippen molar-refractivity contribution >= 4 is 17.7 Å². The summed E-state index contributed by atoms with van der Waals surface area (Å²) in [5, 5.41) is 4.17. The lowest BCUT2D eigenvalue weighted by Crippen LogP contribution is -2.55. The third-order valence-electron chi connectivity index (χ3n) is 3.79. The summed E-state index contributed by atoms with van der Waals surface area (Å²) in [6.07, 6.45) is 2.16. The van der Waals surface area contributed by atoms with E-state index in [1.165, 1.54) is 12.7 Å². The van der Waals surface area contributed by atoms with Gasteiger partial charge in [-0.15, -0.1) is 11.8 Å². The predicted octanol–water partition coefficient (Wildman–Crippen LogP) is 2.33. The van der Waals surface area contributed by atoms with Gasteiger partial charge in [-0.3, -0.25) is 4.79 Å². The van der Waals surface area contributed by atoms with Gasteiger partial charge >= 0.3 is 5.97 Å². The van der Waals surface area contributed by atoms with Gasteiger partial charge in [-0.05, 0) is 57.4 Å². The number of aryl methyl sites for hydroxylation is 2. The van der Waals surface area contributed by atoms with Gasteiger partial charge in [0.05, 0.1) is 12.1 Å². The minimum absolute atomic E-state index is 0.167. The second-order valence-corrected chi connectivity index (χ2v) is 6.40. The molecule has 4 nitrogen and oxygen atoms in total. The Morgan fingerprint density at radius 2 is 2.20 bits per heavy atom. The Morgan fingerprint density at radius 3 is 2.70 bits per heavy atom. The molecular formula is C15H22N2O2S. The molecule has 1 aliphatic rings. The Bertz CT molecular complexity index is 482. The van der Waals surface area contributed by atoms with Crippen LogP contribution in [0.2, 0.25) is 0 Å². The fourth-order valence-corrected chi connectivity index (χ4v) is 3.90. The van der Waals surface area contributed by atoms with Gasteiger partial charge in [-0.1, -0.05) is 0 Å². The maximum atomic E-state index is 12.2. The number of ether oxygens (including phenoxy) is 1. The first kappa shape index (κ1) is 15.3. The standard InChI is InChI=1S/C15H22N2O2S/c1-10-7-11(2)17-13(8-10)20-9-15(16-3,12-5-6-12)14(18)19-4/h7-8,12,16H,5-6,9H2,1-4H3. The van der Waals surface area contributed by atoms with Crippen molar-refractivity contribution in [3.05, 3.63) is 23.4 Å². The number of carbonyl (C=O) groups is 1. The highest BCUT2D eigenvalue weighted by molar-refractivity contribution is 7.99. The van der Waals surface area contributed by atoms with Crippen molar-refractivity contribution in [1.29, 1.82) is 0 Å². The fourth-order valence-electron chi connectivity index (χ4n) is 2.55. The number of pyridine rings is 1. The number of carbonyl (C=O) groups excluding carboxylic acids is 1. The number of nitrogens with one attached hydrogen (secondary N) is 1. The van der Waals surface area contributed by atoms with E-state index in [0.717, 1.165) is 23.6 Å². The summed E-state index contributed by atoms with van der Waals surface area (Å²) < 4.78 is 5.01. The van der Waals surface area contributed by atoms with Gasteiger partial charge in [0.25, 0.3) is 0 Å². The number of hydrogen-bond acceptors (Lipinski definition) is 5. The molecule has 110 valence electrons. The molecule has 0 saturated heterocycles. The quantitative estimate of drug-likeness (QED) is 0.644. The van der Waals surface area contributed by atoms with E-state index in [1.807, 2.05) is 14.0 Å². The molecule has 0 radical (unpaired) electrons. The van der Waals surface area contributed by atoms with Crippen LogP contribution in [0, 0.1) is 19.8 Å². The largest absolute Gasteiger partial charge is 0.468 e. The molecule has 1 aromatic rings. The van der Waals surface area contributed by atoms with Crippen LogP contribution in [-0.2, 0) is 9.53 Å². The lowest BCUT2D eigenvalue weighted by atomic mass is 9.96. The molecule has 0 bridgehead atoms. The van der Waals surface area contributed by atoms with E-state index in [-0.39, 0.29) is 5.97 Å². The van der Waals surface area contributed by atoms with Gasteiger partial charge in [0.15, 0.2) is 0 Å². The van der Waals surface area contributed by atoms with Crippen LogP contribution in [0.1, 0.15) is 24.1 Å². The molecule has 1 aliphatic carbocycles. The molecule has 1 fully saturated rings. The number of nitrogens with zero attached hydrogens (tertiary/aromatic N) is 1. The number of thioether (sulfide) groups is 1. The second kappa shape index (κ2) is 6.14. The molecule has 1 atom stereocenters. The lowest BCUT2D eigenvalue weighted by molar-refractivity contribution is -0.148. The first-order chi connectivity index (χ1) is 9.51. The van der Waals surface area contributed by atoms with Crippen LogP contribution in [-0.4, -0.2) is 36.4 Å². The topological polar surface area (TPSA) is 51.2 Å². The van der Waals surface area contributed by atoms with Crippen molar-refractivity contribution in [2.24, 2.45) is 5.92 Å². The van der Waals surface area contributed by atoms with Gasteiger partial charge < -0.3 is 10.1 Å². The molecule has 1 aromatic heterocycles. The van der Waals surface area contributed by atoms with Gasteiger partial charge in [-0.2, -0.15) is 0 Å². The molecule has 1 unspecified atom stereocenters. The molecule has 5 heteroatoms. The zero-order chi connectivity index (χ0) is 14.8. The Kier molecular flexibility index (Phi) is 4.70. The van der Waals surface area contributed by atoms with Crippen molar-refractivity contribution in [3.8, 4) is 0 Å². The van der Waals surface area contributed by atoms with Crippen LogP contribution in [0.15, 0.2) is 17.2 Å². The van der Waals surface area contributed by atoms with E-state index in [4.69, 9.17) is 4.74 Å². The number of rotatable bonds is 6. The number of hydrogen-bond donors (Lipinski definition) is 1. The first-order valence-corrected chi connectivity index (χ1v) is 7.86. The summed E-state index contributed by atoms with van der Waals surface area (Å²) in [5.41, 5.74) is 1.62. The van der Waals surface area contributed by atoms with Crippen LogP contribution < -0.4 is 5.32 Å². The smallest absolute Gasteiger partial charge is 0.327 e. The third kappa shape index (κ3) is 3.15. The van der Waals surface area contributed by atoms with Gasteiger partial charge in [0, 0.05) is 11.4 Å². The predicted molar refractivity (Wildman–Crippen MR) is 81.0 cm³/mol. The molecule has 1 saturated carbocycles. The van der Waals surface area contributed by atoms with Crippen molar-refractivity contribution in [2.75, 3.05) is 19.9 Å². The third-order valence-corrected chi connectivity index (χ3v) is 4.90. The average molecular weight is 294 g/mol. The van der Waals surface area contributed by atoms with Crippen LogP contribution in [0.3, 0.4) is 0 Å². The van der Waals surface area contributed by atoms with Crippen molar-refractivity contribution < 1.29 is 9.53 Å². The first-order valence-electron chi connectivity index (χ1n) is 6.87. The lowest BCUT2D eigenvalue weighted by Gasteiger charge is -2.30. The van der Waals surface area contributed by atoms with Crippen LogP contribution >= 0.6 is 11.8 Å². The summed E-state index contributed by atoms with van der Waals surface area (Å²) in [4.78, 5) is 16.7. The van der Waals surface area contributed by atoms with E-state index in [0.29, 0.717) is 11.7 Å². The van der Waals surface area contributed by atoms with Gasteiger partial charge in [-0.25, -0.2) is 4.98 Å². The maximum Gasteiger partial charge on any atom is 0.327 e. The molecule has 0 aliphatic heterocycles. The molecule has 0 amide bonds. The normalized spacial score (nSPS) is 17.6. The minimum atomic E-state index is -0.585. The Hall–Kier alpha value is -1.07. The SMILES string of the molecule is CNC(CSc1cc(C)cc(C)n1)(C(=O)OC)C1CC1. The van der Waals surface area contributed by atoms with Crippen LogP contribution in [0.4, 0.5) is 0 Å². The number of likely N-dealkylation sites (N-methyl/N-ethyl adjacent to an activating group) is 1. The molecular weight excluding hydrogens is 272 g/mol. The average Bonchev–Trinajstić information content (AvgIpc) is 3.23. The highest BCUT2D eigenvalue weighted by Crippen LogP contribution is 2.42. The summed E-state index contributed by atoms with van der Waals surface area (Å²) in [6.45, 7) is 4.05. The molecule has 2 rings (SSSR count).